The SMILES string of the molecule is CCn1cc(CN2CCOC(c3cccc(-c4cccc(F)c4)n3)C2)c(C)n1. The standard InChI is InChI=1S/C22H25FN4O/c1-3-27-14-18(16(2)25-27)13-26-10-11-28-22(15-26)21-9-5-8-20(24-21)17-6-4-7-19(23)12-17/h4-9,12,14,22H,3,10-11,13,15H2,1-2H3. The summed E-state index contributed by atoms with van der Waals surface area (Å²) in [6, 6.07) is 12.4. The second-order valence-corrected chi connectivity index (χ2v) is 7.15. The molecule has 3 heterocycles. The van der Waals surface area contributed by atoms with Gasteiger partial charge in [-0.1, -0.05) is 18.2 Å². The van der Waals surface area contributed by atoms with E-state index in [1.165, 1.54) is 17.7 Å². The molecule has 0 radical (unpaired) electrons. The predicted octanol–water partition coefficient (Wildman–Crippen LogP) is 3.99. The first-order valence-corrected chi connectivity index (χ1v) is 9.72. The number of hydrogen-bond acceptors (Lipinski definition) is 4. The minimum absolute atomic E-state index is 0.0937. The van der Waals surface area contributed by atoms with Gasteiger partial charge in [-0.05, 0) is 38.1 Å². The molecule has 4 rings (SSSR count). The molecule has 1 saturated heterocycles. The summed E-state index contributed by atoms with van der Waals surface area (Å²) in [5.74, 6) is -0.257. The van der Waals surface area contributed by atoms with E-state index in [0.29, 0.717) is 6.61 Å². The van der Waals surface area contributed by atoms with E-state index in [1.807, 2.05) is 28.9 Å². The van der Waals surface area contributed by atoms with Crippen LogP contribution in [-0.2, 0) is 17.8 Å². The van der Waals surface area contributed by atoms with Gasteiger partial charge in [0.25, 0.3) is 0 Å². The van der Waals surface area contributed by atoms with E-state index in [1.54, 1.807) is 6.07 Å². The maximum Gasteiger partial charge on any atom is 0.123 e. The quantitative estimate of drug-likeness (QED) is 0.671. The van der Waals surface area contributed by atoms with Gasteiger partial charge in [0.15, 0.2) is 0 Å². The molecule has 0 aliphatic carbocycles. The number of halogens is 1. The van der Waals surface area contributed by atoms with E-state index in [0.717, 1.165) is 48.8 Å². The summed E-state index contributed by atoms with van der Waals surface area (Å²) in [6.45, 7) is 8.21. The topological polar surface area (TPSA) is 43.2 Å². The molecule has 3 aromatic rings. The molecule has 0 amide bonds. The molecule has 1 unspecified atom stereocenters. The Bertz CT molecular complexity index is 955. The Morgan fingerprint density at radius 3 is 2.86 bits per heavy atom. The van der Waals surface area contributed by atoms with Gasteiger partial charge in [-0.3, -0.25) is 14.6 Å². The number of rotatable bonds is 5. The minimum atomic E-state index is -0.257. The predicted molar refractivity (Wildman–Crippen MR) is 106 cm³/mol. The molecule has 1 aliphatic heterocycles. The van der Waals surface area contributed by atoms with Gasteiger partial charge in [-0.15, -0.1) is 0 Å². The average Bonchev–Trinajstić information content (AvgIpc) is 3.08. The van der Waals surface area contributed by atoms with Crippen molar-refractivity contribution in [3.8, 4) is 11.3 Å². The fourth-order valence-electron chi connectivity index (χ4n) is 3.58. The van der Waals surface area contributed by atoms with Crippen molar-refractivity contribution < 1.29 is 9.13 Å². The smallest absolute Gasteiger partial charge is 0.123 e. The molecule has 0 saturated carbocycles. The van der Waals surface area contributed by atoms with Crippen LogP contribution in [0.2, 0.25) is 0 Å². The highest BCUT2D eigenvalue weighted by molar-refractivity contribution is 5.59. The molecule has 5 nitrogen and oxygen atoms in total. The van der Waals surface area contributed by atoms with Crippen LogP contribution in [0, 0.1) is 12.7 Å². The maximum absolute atomic E-state index is 13.6. The lowest BCUT2D eigenvalue weighted by atomic mass is 10.1. The van der Waals surface area contributed by atoms with Crippen molar-refractivity contribution in [2.45, 2.75) is 33.0 Å². The van der Waals surface area contributed by atoms with Crippen molar-refractivity contribution in [3.63, 3.8) is 0 Å². The Kier molecular flexibility index (Phi) is 5.50. The van der Waals surface area contributed by atoms with Crippen LogP contribution in [0.5, 0.6) is 0 Å². The molecule has 0 N–H and O–H groups in total. The van der Waals surface area contributed by atoms with Gasteiger partial charge in [0.2, 0.25) is 0 Å². The number of morpholine rings is 1. The highest BCUT2D eigenvalue weighted by Gasteiger charge is 2.24. The van der Waals surface area contributed by atoms with Crippen molar-refractivity contribution in [3.05, 3.63) is 71.4 Å². The third-order valence-electron chi connectivity index (χ3n) is 5.14. The van der Waals surface area contributed by atoms with E-state index in [9.17, 15) is 4.39 Å². The summed E-state index contributed by atoms with van der Waals surface area (Å²) >= 11 is 0. The number of nitrogens with zero attached hydrogens (tertiary/aromatic N) is 4. The summed E-state index contributed by atoms with van der Waals surface area (Å²) in [5, 5.41) is 4.54. The first-order valence-electron chi connectivity index (χ1n) is 9.72. The molecule has 6 heteroatoms. The van der Waals surface area contributed by atoms with Crippen molar-refractivity contribution in [1.82, 2.24) is 19.7 Å². The van der Waals surface area contributed by atoms with E-state index in [4.69, 9.17) is 9.72 Å². The normalized spacial score (nSPS) is 17.8. The van der Waals surface area contributed by atoms with Crippen molar-refractivity contribution >= 4 is 0 Å². The molecule has 1 fully saturated rings. The second-order valence-electron chi connectivity index (χ2n) is 7.15. The monoisotopic (exact) mass is 380 g/mol. The van der Waals surface area contributed by atoms with Crippen LogP contribution in [-0.4, -0.2) is 39.4 Å². The van der Waals surface area contributed by atoms with Crippen molar-refractivity contribution in [1.29, 1.82) is 0 Å². The van der Waals surface area contributed by atoms with Gasteiger partial charge in [-0.2, -0.15) is 5.10 Å². The molecule has 1 aromatic carbocycles. The average molecular weight is 380 g/mol. The van der Waals surface area contributed by atoms with Crippen LogP contribution in [0.1, 0.15) is 30.0 Å². The van der Waals surface area contributed by atoms with Crippen LogP contribution >= 0.6 is 0 Å². The molecule has 28 heavy (non-hydrogen) atoms. The van der Waals surface area contributed by atoms with Crippen molar-refractivity contribution in [2.24, 2.45) is 0 Å². The first-order chi connectivity index (χ1) is 13.6. The number of pyridine rings is 1. The van der Waals surface area contributed by atoms with Crippen LogP contribution in [0.4, 0.5) is 4.39 Å². The van der Waals surface area contributed by atoms with Crippen molar-refractivity contribution in [2.75, 3.05) is 19.7 Å². The Morgan fingerprint density at radius 1 is 1.21 bits per heavy atom. The molecule has 146 valence electrons. The van der Waals surface area contributed by atoms with Gasteiger partial charge < -0.3 is 4.74 Å². The van der Waals surface area contributed by atoms with Crippen LogP contribution < -0.4 is 0 Å². The lowest BCUT2D eigenvalue weighted by molar-refractivity contribution is -0.0350. The van der Waals surface area contributed by atoms with Gasteiger partial charge >= 0.3 is 0 Å². The maximum atomic E-state index is 13.6. The van der Waals surface area contributed by atoms with E-state index in [2.05, 4.69) is 30.0 Å². The molecule has 0 spiro atoms. The molecule has 0 bridgehead atoms. The molecular formula is C22H25FN4O. The van der Waals surface area contributed by atoms with E-state index >= 15 is 0 Å². The van der Waals surface area contributed by atoms with E-state index < -0.39 is 0 Å². The second kappa shape index (κ2) is 8.20. The molecule has 1 aliphatic rings. The fraction of sp³-hybridized carbons (Fsp3) is 0.364. The highest BCUT2D eigenvalue weighted by atomic mass is 19.1. The van der Waals surface area contributed by atoms with Crippen LogP contribution in [0.25, 0.3) is 11.3 Å². The largest absolute Gasteiger partial charge is 0.369 e. The van der Waals surface area contributed by atoms with Gasteiger partial charge in [0.05, 0.1) is 23.7 Å². The Hall–Kier alpha value is -2.57. The van der Waals surface area contributed by atoms with Gasteiger partial charge in [-0.25, -0.2) is 4.39 Å². The zero-order valence-electron chi connectivity index (χ0n) is 16.3. The lowest BCUT2D eigenvalue weighted by Gasteiger charge is -2.32. The van der Waals surface area contributed by atoms with Gasteiger partial charge in [0, 0.05) is 43.5 Å². The Morgan fingerprint density at radius 2 is 2.07 bits per heavy atom. The first kappa shape index (κ1) is 18.8. The van der Waals surface area contributed by atoms with Crippen LogP contribution in [0.3, 0.4) is 0 Å². The number of aromatic nitrogens is 3. The van der Waals surface area contributed by atoms with E-state index in [-0.39, 0.29) is 11.9 Å². The summed E-state index contributed by atoms with van der Waals surface area (Å²) in [7, 11) is 0. The number of hydrogen-bond donors (Lipinski definition) is 0. The summed E-state index contributed by atoms with van der Waals surface area (Å²) in [5.41, 5.74) is 4.75. The third kappa shape index (κ3) is 4.13. The number of aryl methyl sites for hydroxylation is 2. The summed E-state index contributed by atoms with van der Waals surface area (Å²) in [6.07, 6.45) is 2.03. The zero-order chi connectivity index (χ0) is 19.5. The molecular weight excluding hydrogens is 355 g/mol. The number of ether oxygens (including phenoxy) is 1. The van der Waals surface area contributed by atoms with Gasteiger partial charge in [0.1, 0.15) is 11.9 Å². The Labute approximate surface area is 164 Å². The highest BCUT2D eigenvalue weighted by Crippen LogP contribution is 2.25. The third-order valence-corrected chi connectivity index (χ3v) is 5.14. The van der Waals surface area contributed by atoms with Crippen LogP contribution in [0.15, 0.2) is 48.7 Å². The molecule has 2 aromatic heterocycles. The number of benzene rings is 1. The fourth-order valence-corrected chi connectivity index (χ4v) is 3.58. The lowest BCUT2D eigenvalue weighted by Crippen LogP contribution is -2.38. The molecule has 1 atom stereocenters. The summed E-state index contributed by atoms with van der Waals surface area (Å²) in [4.78, 5) is 7.13. The Balaban J connectivity index is 1.50. The zero-order valence-corrected chi connectivity index (χ0v) is 16.3. The minimum Gasteiger partial charge on any atom is -0.369 e. The summed E-state index contributed by atoms with van der Waals surface area (Å²) < 4.78 is 21.5.